The minimum Gasteiger partial charge on any atom is -0.462 e. The summed E-state index contributed by atoms with van der Waals surface area (Å²) < 4.78 is 20.9. The summed E-state index contributed by atoms with van der Waals surface area (Å²) in [6, 6.07) is 8.00. The summed E-state index contributed by atoms with van der Waals surface area (Å²) in [5.74, 6) is 0.472. The van der Waals surface area contributed by atoms with Gasteiger partial charge in [-0.15, -0.1) is 0 Å². The first-order valence-corrected chi connectivity index (χ1v) is 14.2. The van der Waals surface area contributed by atoms with E-state index >= 15 is 0 Å². The van der Waals surface area contributed by atoms with Crippen LogP contribution in [0, 0.1) is 17.1 Å². The van der Waals surface area contributed by atoms with Gasteiger partial charge in [0.2, 0.25) is 5.91 Å². The molecule has 208 valence electrons. The second kappa shape index (κ2) is 10.7. The number of carbonyl (C=O) groups excluding carboxylic acids is 1. The summed E-state index contributed by atoms with van der Waals surface area (Å²) in [4.78, 5) is 28.6. The largest absolute Gasteiger partial charge is 0.462 e. The van der Waals surface area contributed by atoms with Crippen molar-refractivity contribution in [3.63, 3.8) is 0 Å². The van der Waals surface area contributed by atoms with Gasteiger partial charge in [-0.2, -0.15) is 15.2 Å². The molecule has 2 aliphatic carbocycles. The Morgan fingerprint density at radius 3 is 2.95 bits per heavy atom. The molecule has 3 heterocycles. The standard InChI is InChI=1S/C31H35FN6O2/c1-3-28(39)38-17-16-37(19-21(38)11-14-33)29-24-10-13-31(12-9-23-25(31)7-4-8-26(23)32)18-27(24)34-30(35-29)40-20-22-6-5-15-36(22)2/h3-4,7-9,12,21-22H,1,5-6,10-11,13,15-20H2,2H3/t21-,22-,31+/m0/s1. The number of halogens is 1. The third kappa shape index (κ3) is 4.64. The van der Waals surface area contributed by atoms with Crippen molar-refractivity contribution >= 4 is 17.8 Å². The fraction of sp³-hybridized carbons (Fsp3) is 0.484. The smallest absolute Gasteiger partial charge is 0.318 e. The Balaban J connectivity index is 1.34. The summed E-state index contributed by atoms with van der Waals surface area (Å²) in [5.41, 5.74) is 3.38. The number of amides is 1. The maximum absolute atomic E-state index is 14.6. The van der Waals surface area contributed by atoms with E-state index in [-0.39, 0.29) is 29.6 Å². The highest BCUT2D eigenvalue weighted by Gasteiger charge is 2.42. The molecule has 9 heteroatoms. The molecule has 3 atom stereocenters. The van der Waals surface area contributed by atoms with Crippen LogP contribution in [-0.4, -0.2) is 77.6 Å². The number of benzene rings is 1. The van der Waals surface area contributed by atoms with Gasteiger partial charge in [0.25, 0.3) is 0 Å². The number of aromatic nitrogens is 2. The SMILES string of the molecule is C=CC(=O)N1CCN(c2nc(OC[C@@H]3CCCN3C)nc3c2CC[C@]2(C=Cc4c(F)cccc42)C3)C[C@@H]1CC#N. The van der Waals surface area contributed by atoms with Crippen LogP contribution in [0.25, 0.3) is 6.08 Å². The van der Waals surface area contributed by atoms with Crippen molar-refractivity contribution < 1.29 is 13.9 Å². The van der Waals surface area contributed by atoms with E-state index in [1.54, 1.807) is 11.0 Å². The lowest BCUT2D eigenvalue weighted by Crippen LogP contribution is -2.55. The first kappa shape index (κ1) is 26.5. The Morgan fingerprint density at radius 1 is 1.30 bits per heavy atom. The first-order valence-electron chi connectivity index (χ1n) is 14.2. The molecular formula is C31H35FN6O2. The molecule has 0 N–H and O–H groups in total. The number of hydrogen-bond donors (Lipinski definition) is 0. The van der Waals surface area contributed by atoms with Gasteiger partial charge in [0.15, 0.2) is 0 Å². The number of carbonyl (C=O) groups is 1. The van der Waals surface area contributed by atoms with Crippen LogP contribution in [0.3, 0.4) is 0 Å². The van der Waals surface area contributed by atoms with Gasteiger partial charge in [0.1, 0.15) is 18.2 Å². The van der Waals surface area contributed by atoms with E-state index in [1.165, 1.54) is 12.1 Å². The van der Waals surface area contributed by atoms with Crippen molar-refractivity contribution in [3.8, 4) is 12.1 Å². The molecule has 2 aliphatic heterocycles. The maximum atomic E-state index is 14.6. The highest BCUT2D eigenvalue weighted by molar-refractivity contribution is 5.87. The molecule has 0 radical (unpaired) electrons. The number of piperazine rings is 1. The summed E-state index contributed by atoms with van der Waals surface area (Å²) in [6.07, 6.45) is 10.0. The monoisotopic (exact) mass is 542 g/mol. The number of likely N-dealkylation sites (tertiary alicyclic amines) is 1. The van der Waals surface area contributed by atoms with Crippen molar-refractivity contribution in [2.24, 2.45) is 0 Å². The Bertz CT molecular complexity index is 1400. The second-order valence-corrected chi connectivity index (χ2v) is 11.4. The lowest BCUT2D eigenvalue weighted by molar-refractivity contribution is -0.128. The van der Waals surface area contributed by atoms with E-state index in [9.17, 15) is 14.4 Å². The van der Waals surface area contributed by atoms with Gasteiger partial charge in [0.05, 0.1) is 24.2 Å². The molecule has 2 saturated heterocycles. The molecular weight excluding hydrogens is 507 g/mol. The highest BCUT2D eigenvalue weighted by Crippen LogP contribution is 2.47. The molecule has 8 nitrogen and oxygen atoms in total. The van der Waals surface area contributed by atoms with Crippen LogP contribution in [-0.2, 0) is 23.1 Å². The number of fused-ring (bicyclic) bond motifs is 3. The van der Waals surface area contributed by atoms with Gasteiger partial charge >= 0.3 is 6.01 Å². The molecule has 1 spiro atoms. The fourth-order valence-corrected chi connectivity index (χ4v) is 6.90. The normalized spacial score (nSPS) is 25.5. The Kier molecular flexibility index (Phi) is 7.05. The van der Waals surface area contributed by atoms with Crippen LogP contribution in [0.1, 0.15) is 48.1 Å². The van der Waals surface area contributed by atoms with Crippen LogP contribution in [0.5, 0.6) is 6.01 Å². The Hall–Kier alpha value is -3.77. The van der Waals surface area contributed by atoms with Crippen molar-refractivity contribution in [1.29, 1.82) is 5.26 Å². The molecule has 4 aliphatic rings. The average molecular weight is 543 g/mol. The minimum atomic E-state index is -0.308. The van der Waals surface area contributed by atoms with Crippen molar-refractivity contribution in [2.75, 3.05) is 44.7 Å². The van der Waals surface area contributed by atoms with Crippen molar-refractivity contribution in [1.82, 2.24) is 19.8 Å². The maximum Gasteiger partial charge on any atom is 0.318 e. The third-order valence-electron chi connectivity index (χ3n) is 9.16. The van der Waals surface area contributed by atoms with E-state index in [0.29, 0.717) is 50.3 Å². The lowest BCUT2D eigenvalue weighted by atomic mass is 9.70. The molecule has 1 aromatic carbocycles. The van der Waals surface area contributed by atoms with Gasteiger partial charge < -0.3 is 19.4 Å². The number of likely N-dealkylation sites (N-methyl/N-ethyl adjacent to an activating group) is 1. The average Bonchev–Trinajstić information content (AvgIpc) is 3.54. The second-order valence-electron chi connectivity index (χ2n) is 11.4. The predicted molar refractivity (Wildman–Crippen MR) is 150 cm³/mol. The molecule has 2 fully saturated rings. The lowest BCUT2D eigenvalue weighted by Gasteiger charge is -2.42. The molecule has 0 saturated carbocycles. The molecule has 40 heavy (non-hydrogen) atoms. The van der Waals surface area contributed by atoms with Gasteiger partial charge in [-0.3, -0.25) is 4.79 Å². The van der Waals surface area contributed by atoms with E-state index in [4.69, 9.17) is 14.7 Å². The number of nitriles is 1. The highest BCUT2D eigenvalue weighted by atomic mass is 19.1. The van der Waals surface area contributed by atoms with E-state index in [0.717, 1.165) is 54.9 Å². The zero-order valence-electron chi connectivity index (χ0n) is 23.0. The van der Waals surface area contributed by atoms with E-state index < -0.39 is 0 Å². The molecule has 6 rings (SSSR count). The molecule has 0 bridgehead atoms. The van der Waals surface area contributed by atoms with E-state index in [1.807, 2.05) is 12.1 Å². The van der Waals surface area contributed by atoms with Crippen LogP contribution >= 0.6 is 0 Å². The van der Waals surface area contributed by atoms with Crippen LogP contribution in [0.15, 0.2) is 36.9 Å². The summed E-state index contributed by atoms with van der Waals surface area (Å²) in [5, 5.41) is 9.48. The topological polar surface area (TPSA) is 85.6 Å². The number of allylic oxidation sites excluding steroid dienone is 1. The van der Waals surface area contributed by atoms with Crippen LogP contribution in [0.4, 0.5) is 10.2 Å². The number of nitrogens with zero attached hydrogens (tertiary/aromatic N) is 6. The first-order chi connectivity index (χ1) is 19.4. The molecule has 1 aromatic heterocycles. The summed E-state index contributed by atoms with van der Waals surface area (Å²) in [7, 11) is 2.12. The summed E-state index contributed by atoms with van der Waals surface area (Å²) in [6.45, 7) is 6.79. The number of ether oxygens (including phenoxy) is 1. The van der Waals surface area contributed by atoms with Gasteiger partial charge in [0, 0.05) is 48.6 Å². The third-order valence-corrected chi connectivity index (χ3v) is 9.16. The van der Waals surface area contributed by atoms with Gasteiger partial charge in [-0.25, -0.2) is 4.39 Å². The number of rotatable bonds is 6. The van der Waals surface area contributed by atoms with Crippen molar-refractivity contribution in [3.05, 3.63) is 65.1 Å². The Morgan fingerprint density at radius 2 is 2.17 bits per heavy atom. The number of anilines is 1. The predicted octanol–water partition coefficient (Wildman–Crippen LogP) is 3.66. The van der Waals surface area contributed by atoms with Gasteiger partial charge in [-0.1, -0.05) is 30.9 Å². The van der Waals surface area contributed by atoms with Crippen molar-refractivity contribution in [2.45, 2.75) is 56.0 Å². The summed E-state index contributed by atoms with van der Waals surface area (Å²) >= 11 is 0. The molecule has 1 amide bonds. The number of hydrogen-bond acceptors (Lipinski definition) is 7. The molecule has 0 unspecified atom stereocenters. The fourth-order valence-electron chi connectivity index (χ4n) is 6.90. The van der Waals surface area contributed by atoms with Gasteiger partial charge in [-0.05, 0) is 57.0 Å². The van der Waals surface area contributed by atoms with E-state index in [2.05, 4.69) is 35.6 Å². The molecule has 2 aromatic rings. The van der Waals surface area contributed by atoms with Crippen LogP contribution in [0.2, 0.25) is 0 Å². The van der Waals surface area contributed by atoms with Crippen LogP contribution < -0.4 is 9.64 Å². The zero-order valence-corrected chi connectivity index (χ0v) is 23.0. The quantitative estimate of drug-likeness (QED) is 0.515. The minimum absolute atomic E-state index is 0.157. The Labute approximate surface area is 234 Å². The zero-order chi connectivity index (χ0) is 27.9.